The minimum Gasteiger partial charge on any atom is -0.344 e. The Morgan fingerprint density at radius 3 is 0.803 bits per heavy atom. The highest BCUT2D eigenvalue weighted by molar-refractivity contribution is 6.15. The first kappa shape index (κ1) is 83.3. The van der Waals surface area contributed by atoms with Crippen molar-refractivity contribution in [2.75, 3.05) is 0 Å². The molecule has 624 valence electrons. The van der Waals surface area contributed by atoms with Gasteiger partial charge in [-0.05, 0) is 222 Å². The molecule has 0 spiro atoms. The normalized spacial score (nSPS) is 10.9. The zero-order valence-electron chi connectivity index (χ0n) is 73.5. The van der Waals surface area contributed by atoms with Crippen molar-refractivity contribution >= 4 is 154 Å². The molecule has 18 aromatic carbocycles. The molecule has 6 aromatic heterocycles. The van der Waals surface area contributed by atoms with Crippen molar-refractivity contribution in [1.82, 2.24) is 27.4 Å². The van der Waals surface area contributed by atoms with Crippen molar-refractivity contribution in [3.8, 4) is 78.9 Å². The third-order valence-electron chi connectivity index (χ3n) is 25.4. The zero-order valence-corrected chi connectivity index (χ0v) is 73.5. The third kappa shape index (κ3) is 15.8. The lowest BCUT2D eigenvalue weighted by Crippen LogP contribution is -1.89. The summed E-state index contributed by atoms with van der Waals surface area (Å²) in [5, 5.41) is 32.2. The number of hydrogen-bond donors (Lipinski definition) is 0. The summed E-state index contributed by atoms with van der Waals surface area (Å²) in [5.41, 5.74) is 32.5. The van der Waals surface area contributed by atoms with Gasteiger partial charge in [-0.25, -0.2) is 19.4 Å². The van der Waals surface area contributed by atoms with Crippen LogP contribution in [0.4, 0.5) is 22.7 Å². The largest absolute Gasteiger partial charge is 0.344 e. The van der Waals surface area contributed by atoms with E-state index in [1.807, 2.05) is 172 Å². The topological polar surface area (TPSA) is 94.6 Å². The number of nitriles is 2. The van der Waals surface area contributed by atoms with Gasteiger partial charge in [0.2, 0.25) is 0 Å². The van der Waals surface area contributed by atoms with Crippen LogP contribution in [0.2, 0.25) is 0 Å². The van der Waals surface area contributed by atoms with E-state index in [0.717, 1.165) is 60.1 Å². The van der Waals surface area contributed by atoms with Crippen LogP contribution in [0, 0.1) is 49.0 Å². The van der Waals surface area contributed by atoms with Crippen LogP contribution in [0.1, 0.15) is 11.1 Å². The average Bonchev–Trinajstić information content (AvgIpc) is 1.64. The maximum absolute atomic E-state index is 9.12. The minimum absolute atomic E-state index is 0.673. The van der Waals surface area contributed by atoms with E-state index in [1.165, 1.54) is 143 Å². The lowest BCUT2D eigenvalue weighted by atomic mass is 9.96. The van der Waals surface area contributed by atoms with Gasteiger partial charge >= 0.3 is 0 Å². The van der Waals surface area contributed by atoms with Crippen LogP contribution in [0.5, 0.6) is 0 Å². The van der Waals surface area contributed by atoms with Crippen LogP contribution < -0.4 is 0 Å². The molecule has 12 nitrogen and oxygen atoms in total. The van der Waals surface area contributed by atoms with E-state index >= 15 is 0 Å². The Morgan fingerprint density at radius 1 is 0.182 bits per heavy atom. The third-order valence-corrected chi connectivity index (χ3v) is 25.4. The van der Waals surface area contributed by atoms with Crippen molar-refractivity contribution in [3.05, 3.63) is 457 Å². The number of fused-ring (bicyclic) bond motifs is 18. The van der Waals surface area contributed by atoms with E-state index in [2.05, 4.69) is 330 Å². The fraction of sp³-hybridized carbons (Fsp3) is 0.0500. The molecule has 0 atom stereocenters. The monoisotopic (exact) mass is 1690 g/mol. The molecule has 6 heterocycles. The number of benzene rings is 18. The summed E-state index contributed by atoms with van der Waals surface area (Å²) in [4.78, 5) is 14.3. The molecule has 0 amide bonds. The SMILES string of the molecule is Cn1c2ccccc2c2ccc(C#N)cc21.Cn1c2ccccc2c2cccc(C#N)c21.[C-]#[N+]c1ccc2c(c1)c1cc(-c3cccc(-c4ccc(-c5ccccc5)cc4)c3)ccc1n2C.[C-]#[N+]c1ccc2c(c1)c1cc(-c3cccc(-c4ccccc4)c3)ccc1n2C.[C-]#[N+]c1ccc2c(c1)c1cc(-c3ccccc3)ccc1n2C.[C-]#[N+]c1ccc2c(c1)c1ccccc1n2C. The van der Waals surface area contributed by atoms with E-state index in [1.54, 1.807) is 0 Å². The lowest BCUT2D eigenvalue weighted by Gasteiger charge is -2.08. The second-order valence-electron chi connectivity index (χ2n) is 32.8. The molecule has 0 aliphatic heterocycles. The van der Waals surface area contributed by atoms with Gasteiger partial charge < -0.3 is 27.4 Å². The Morgan fingerprint density at radius 2 is 0.424 bits per heavy atom. The molecular weight excluding hydrogens is 1610 g/mol. The molecular formula is C120H84N12. The van der Waals surface area contributed by atoms with Gasteiger partial charge in [-0.2, -0.15) is 10.5 Å². The number of aryl methyl sites for hydroxylation is 6. The Balaban J connectivity index is 0.000000105. The summed E-state index contributed by atoms with van der Waals surface area (Å²) >= 11 is 0. The Labute approximate surface area is 764 Å². The fourth-order valence-corrected chi connectivity index (χ4v) is 18.7. The minimum atomic E-state index is 0.673. The lowest BCUT2D eigenvalue weighted by molar-refractivity contribution is 1.01. The summed E-state index contributed by atoms with van der Waals surface area (Å²) in [6.45, 7) is 29.0. The van der Waals surface area contributed by atoms with Gasteiger partial charge in [0.05, 0.1) is 54.5 Å². The maximum atomic E-state index is 9.12. The van der Waals surface area contributed by atoms with Crippen LogP contribution >= 0.6 is 0 Å². The summed E-state index contributed by atoms with van der Waals surface area (Å²) < 4.78 is 13.0. The molecule has 0 saturated carbocycles. The molecule has 0 aliphatic rings. The van der Waals surface area contributed by atoms with Crippen molar-refractivity contribution in [2.24, 2.45) is 42.3 Å². The molecule has 0 radical (unpaired) electrons. The summed E-state index contributed by atoms with van der Waals surface area (Å²) in [6, 6.07) is 142. The quantitative estimate of drug-likeness (QED) is 0.155. The molecule has 0 unspecified atom stereocenters. The number of hydrogen-bond acceptors (Lipinski definition) is 2. The first-order valence-corrected chi connectivity index (χ1v) is 43.4. The molecule has 132 heavy (non-hydrogen) atoms. The fourth-order valence-electron chi connectivity index (χ4n) is 18.7. The number of para-hydroxylation sites is 4. The second kappa shape index (κ2) is 36.0. The van der Waals surface area contributed by atoms with Crippen LogP contribution in [0.3, 0.4) is 0 Å². The summed E-state index contributed by atoms with van der Waals surface area (Å²) in [5.74, 6) is 0. The zero-order chi connectivity index (χ0) is 90.6. The van der Waals surface area contributed by atoms with Crippen LogP contribution in [0.25, 0.3) is 217 Å². The highest BCUT2D eigenvalue weighted by Crippen LogP contribution is 2.41. The Kier molecular flexibility index (Phi) is 22.7. The first-order chi connectivity index (χ1) is 64.7. The van der Waals surface area contributed by atoms with Crippen LogP contribution in [-0.2, 0) is 42.3 Å². The maximum Gasteiger partial charge on any atom is 0.188 e. The molecule has 0 aliphatic carbocycles. The van der Waals surface area contributed by atoms with Crippen molar-refractivity contribution in [2.45, 2.75) is 0 Å². The highest BCUT2D eigenvalue weighted by atomic mass is 15.0. The van der Waals surface area contributed by atoms with Crippen molar-refractivity contribution in [3.63, 3.8) is 0 Å². The van der Waals surface area contributed by atoms with Gasteiger partial charge in [-0.15, -0.1) is 0 Å². The van der Waals surface area contributed by atoms with E-state index < -0.39 is 0 Å². The highest BCUT2D eigenvalue weighted by Gasteiger charge is 2.18. The average molecular weight is 1690 g/mol. The van der Waals surface area contributed by atoms with E-state index in [4.69, 9.17) is 36.8 Å². The summed E-state index contributed by atoms with van der Waals surface area (Å²) in [6.07, 6.45) is 0. The smallest absolute Gasteiger partial charge is 0.188 e. The first-order valence-electron chi connectivity index (χ1n) is 43.4. The molecule has 24 rings (SSSR count). The van der Waals surface area contributed by atoms with E-state index in [9.17, 15) is 0 Å². The molecule has 12 heteroatoms. The number of nitrogens with zero attached hydrogens (tertiary/aromatic N) is 12. The standard InChI is InChI=1S/C32H22N2.C26H18N2.C20H14N2.3C14H10N2/c1-33-28-16-18-32-30(21-28)29-20-27(15-17-31(29)34(32)2)26-10-6-9-25(19-26)24-13-11-23(12-14-24)22-7-4-3-5-8-22;1-27-22-12-14-26-24(17-22)23-16-21(11-13-25(23)28(26)2)20-10-6-9-19(15-20)18-7-4-3-5-8-18;1-21-16-9-11-20-18(13-16)17-12-15(8-10-19(17)22(20)2)14-6-4-3-5-7-14;1-15-10-7-8-14-12(9-10)11-5-3-4-6-13(11)16(14)2;1-16-13-8-3-2-6-11(13)12-7-4-5-10(9-15)14(12)16;1-16-13-5-3-2-4-11(13)12-7-6-10(9-15)8-14(12)16/h3-21H,2H3;3-17H,2H3;3-13H,2H3;3-9H,2H3;2*2-8H,1H3. The van der Waals surface area contributed by atoms with Crippen LogP contribution in [0.15, 0.2) is 400 Å². The Bertz CT molecular complexity index is 8900. The van der Waals surface area contributed by atoms with Gasteiger partial charge in [0, 0.05) is 141 Å². The van der Waals surface area contributed by atoms with E-state index in [-0.39, 0.29) is 0 Å². The molecule has 0 bridgehead atoms. The van der Waals surface area contributed by atoms with E-state index in [0.29, 0.717) is 28.3 Å². The molecule has 0 saturated heterocycles. The predicted molar refractivity (Wildman–Crippen MR) is 550 cm³/mol. The van der Waals surface area contributed by atoms with Crippen LogP contribution in [-0.4, -0.2) is 27.4 Å². The van der Waals surface area contributed by atoms with Gasteiger partial charge in [0.25, 0.3) is 0 Å². The van der Waals surface area contributed by atoms with Crippen molar-refractivity contribution in [1.29, 1.82) is 10.5 Å². The summed E-state index contributed by atoms with van der Waals surface area (Å²) in [7, 11) is 12.3. The van der Waals surface area contributed by atoms with Gasteiger partial charge in [-0.3, -0.25) is 0 Å². The second-order valence-corrected chi connectivity index (χ2v) is 32.8. The number of rotatable bonds is 6. The van der Waals surface area contributed by atoms with Gasteiger partial charge in [0.1, 0.15) is 6.07 Å². The molecule has 0 fully saturated rings. The Hall–Kier alpha value is -18.3. The van der Waals surface area contributed by atoms with Gasteiger partial charge in [0.15, 0.2) is 22.7 Å². The predicted octanol–water partition coefficient (Wildman–Crippen LogP) is 31.9. The molecule has 0 N–H and O–H groups in total. The van der Waals surface area contributed by atoms with Gasteiger partial charge in [-0.1, -0.05) is 267 Å². The molecule has 24 aromatic rings. The number of aromatic nitrogens is 6. The van der Waals surface area contributed by atoms with Crippen molar-refractivity contribution < 1.29 is 0 Å².